The van der Waals surface area contributed by atoms with Crippen molar-refractivity contribution in [3.8, 4) is 22.8 Å². The summed E-state index contributed by atoms with van der Waals surface area (Å²) in [6.07, 6.45) is -0.306. The molecule has 0 spiro atoms. The second-order valence-electron chi connectivity index (χ2n) is 8.29. The summed E-state index contributed by atoms with van der Waals surface area (Å²) < 4.78 is 12.7. The molecule has 1 aromatic heterocycles. The number of quaternary nitrogens is 1. The Morgan fingerprint density at radius 1 is 1.03 bits per heavy atom. The van der Waals surface area contributed by atoms with E-state index in [-0.39, 0.29) is 12.7 Å². The summed E-state index contributed by atoms with van der Waals surface area (Å²) >= 11 is 0. The Morgan fingerprint density at radius 3 is 2.60 bits per heavy atom. The number of para-hydroxylation sites is 1. The van der Waals surface area contributed by atoms with Gasteiger partial charge in [-0.25, -0.2) is 0 Å². The Hall–Kier alpha value is -2.96. The van der Waals surface area contributed by atoms with Gasteiger partial charge in [0.1, 0.15) is 19.7 Å². The fourth-order valence-corrected chi connectivity index (χ4v) is 4.33. The van der Waals surface area contributed by atoms with E-state index < -0.39 is 0 Å². The van der Waals surface area contributed by atoms with E-state index in [2.05, 4.69) is 59.4 Å². The van der Waals surface area contributed by atoms with Gasteiger partial charge >= 0.3 is 0 Å². The molecule has 0 bridgehead atoms. The van der Waals surface area contributed by atoms with E-state index in [4.69, 9.17) is 9.47 Å². The fourth-order valence-electron chi connectivity index (χ4n) is 4.33. The van der Waals surface area contributed by atoms with Gasteiger partial charge < -0.3 is 24.5 Å². The van der Waals surface area contributed by atoms with E-state index in [1.54, 1.807) is 0 Å². The number of aromatic amines is 1. The van der Waals surface area contributed by atoms with Gasteiger partial charge in [-0.05, 0) is 23.8 Å². The third-order valence-corrected chi connectivity index (χ3v) is 6.28. The van der Waals surface area contributed by atoms with Gasteiger partial charge in [0.2, 0.25) is 5.82 Å². The molecule has 0 radical (unpaired) electrons. The summed E-state index contributed by atoms with van der Waals surface area (Å²) in [4.78, 5) is 6.00. The van der Waals surface area contributed by atoms with Gasteiger partial charge in [-0.3, -0.25) is 4.48 Å². The van der Waals surface area contributed by atoms with Crippen LogP contribution in [0, 0.1) is 0 Å². The first-order valence-electron chi connectivity index (χ1n) is 10.5. The number of fused-ring (bicyclic) bond motifs is 1. The molecule has 0 aliphatic carbocycles. The molecule has 2 aliphatic heterocycles. The summed E-state index contributed by atoms with van der Waals surface area (Å²) in [5.74, 6) is 2.76. The highest BCUT2D eigenvalue weighted by Crippen LogP contribution is 2.41. The number of hydrogen-bond acceptors (Lipinski definition) is 4. The van der Waals surface area contributed by atoms with Crippen LogP contribution in [0.4, 0.5) is 11.5 Å². The fraction of sp³-hybridized carbons (Fsp3) is 0.333. The van der Waals surface area contributed by atoms with Gasteiger partial charge in [0.25, 0.3) is 0 Å². The zero-order valence-electron chi connectivity index (χ0n) is 17.3. The number of nitrogens with one attached hydrogen (secondary N) is 1. The molecule has 2 aliphatic rings. The number of ether oxygens (including phenoxy) is 2. The van der Waals surface area contributed by atoms with Crippen molar-refractivity contribution >= 4 is 11.5 Å². The molecule has 3 aromatic rings. The van der Waals surface area contributed by atoms with Crippen LogP contribution in [0.3, 0.4) is 0 Å². The number of likely N-dealkylation sites (N-methyl/N-ethyl adjacent to an activating group) is 1. The molecule has 0 amide bonds. The maximum Gasteiger partial charge on any atom is 0.205 e. The molecule has 156 valence electrons. The molecule has 3 heterocycles. The zero-order valence-corrected chi connectivity index (χ0v) is 17.3. The molecule has 5 rings (SSSR count). The molecule has 30 heavy (non-hydrogen) atoms. The summed E-state index contributed by atoms with van der Waals surface area (Å²) in [6, 6.07) is 20.9. The van der Waals surface area contributed by atoms with Crippen LogP contribution in [-0.2, 0) is 0 Å². The SMILES string of the molecule is C[N+]1(c2ccc(-c3ccccc3)[nH]2)CCN(c2cccc3c2OC(CO)CO3)CC1. The zero-order chi connectivity index (χ0) is 20.6. The second kappa shape index (κ2) is 7.70. The number of rotatable bonds is 4. The number of hydrogen-bond donors (Lipinski definition) is 2. The van der Waals surface area contributed by atoms with Crippen molar-refractivity contribution < 1.29 is 14.6 Å². The summed E-state index contributed by atoms with van der Waals surface area (Å²) in [5.41, 5.74) is 3.42. The largest absolute Gasteiger partial charge is 0.486 e. The van der Waals surface area contributed by atoms with E-state index in [1.165, 1.54) is 11.4 Å². The van der Waals surface area contributed by atoms with Crippen molar-refractivity contribution in [1.82, 2.24) is 9.47 Å². The quantitative estimate of drug-likeness (QED) is 0.653. The molecule has 6 nitrogen and oxygen atoms in total. The van der Waals surface area contributed by atoms with E-state index in [9.17, 15) is 5.11 Å². The van der Waals surface area contributed by atoms with Gasteiger partial charge in [-0.15, -0.1) is 0 Å². The molecule has 1 atom stereocenters. The summed E-state index contributed by atoms with van der Waals surface area (Å²) in [5, 5.41) is 9.47. The van der Waals surface area contributed by atoms with Gasteiger partial charge in [0.05, 0.1) is 38.1 Å². The third-order valence-electron chi connectivity index (χ3n) is 6.28. The lowest BCUT2D eigenvalue weighted by Crippen LogP contribution is -2.58. The standard InChI is InChI=1S/C24H28N3O3/c1-27(23-11-10-20(25-23)18-6-3-2-4-7-18)14-12-26(13-15-27)21-8-5-9-22-24(21)30-19(16-28)17-29-22/h2-11,19,25,28H,12-17H2,1H3/q+1. The van der Waals surface area contributed by atoms with Crippen molar-refractivity contribution in [2.75, 3.05) is 51.3 Å². The number of benzene rings is 2. The van der Waals surface area contributed by atoms with Crippen LogP contribution in [-0.4, -0.2) is 62.6 Å². The first kappa shape index (κ1) is 19.0. The smallest absolute Gasteiger partial charge is 0.205 e. The van der Waals surface area contributed by atoms with Crippen LogP contribution in [0.2, 0.25) is 0 Å². The van der Waals surface area contributed by atoms with Crippen molar-refractivity contribution in [2.45, 2.75) is 6.10 Å². The molecule has 2 N–H and O–H groups in total. The van der Waals surface area contributed by atoms with Gasteiger partial charge in [0.15, 0.2) is 17.6 Å². The van der Waals surface area contributed by atoms with E-state index in [0.717, 1.165) is 53.5 Å². The minimum absolute atomic E-state index is 0.0424. The number of aliphatic hydroxyl groups is 1. The van der Waals surface area contributed by atoms with Crippen LogP contribution in [0.25, 0.3) is 11.3 Å². The maximum atomic E-state index is 9.47. The number of aromatic nitrogens is 1. The molecule has 1 unspecified atom stereocenters. The molecule has 1 saturated heterocycles. The molecular formula is C24H28N3O3+. The van der Waals surface area contributed by atoms with Crippen LogP contribution < -0.4 is 18.9 Å². The minimum Gasteiger partial charge on any atom is -0.486 e. The Balaban J connectivity index is 1.33. The third kappa shape index (κ3) is 3.42. The molecule has 0 saturated carbocycles. The van der Waals surface area contributed by atoms with Crippen molar-refractivity contribution in [3.05, 3.63) is 60.7 Å². The van der Waals surface area contributed by atoms with E-state index in [0.29, 0.717) is 6.61 Å². The lowest BCUT2D eigenvalue weighted by Gasteiger charge is -2.42. The van der Waals surface area contributed by atoms with E-state index in [1.807, 2.05) is 18.2 Å². The van der Waals surface area contributed by atoms with Gasteiger partial charge in [-0.2, -0.15) is 0 Å². The number of aliphatic hydroxyl groups excluding tert-OH is 1. The molecule has 6 heteroatoms. The highest BCUT2D eigenvalue weighted by atomic mass is 16.6. The maximum absolute atomic E-state index is 9.47. The number of piperazine rings is 1. The Kier molecular flexibility index (Phi) is 4.89. The Morgan fingerprint density at radius 2 is 1.83 bits per heavy atom. The van der Waals surface area contributed by atoms with Crippen molar-refractivity contribution in [1.29, 1.82) is 0 Å². The highest BCUT2D eigenvalue weighted by Gasteiger charge is 2.34. The topological polar surface area (TPSA) is 57.7 Å². The van der Waals surface area contributed by atoms with Gasteiger partial charge in [-0.1, -0.05) is 36.4 Å². The predicted molar refractivity (Wildman–Crippen MR) is 119 cm³/mol. The monoisotopic (exact) mass is 406 g/mol. The first-order chi connectivity index (χ1) is 14.7. The van der Waals surface area contributed by atoms with Crippen LogP contribution in [0.5, 0.6) is 11.5 Å². The Labute approximate surface area is 176 Å². The first-order valence-corrected chi connectivity index (χ1v) is 10.5. The summed E-state index contributed by atoms with van der Waals surface area (Å²) in [7, 11) is 2.29. The predicted octanol–water partition coefficient (Wildman–Crippen LogP) is 3.27. The number of anilines is 1. The number of nitrogens with zero attached hydrogens (tertiary/aromatic N) is 2. The minimum atomic E-state index is -0.306. The van der Waals surface area contributed by atoms with E-state index >= 15 is 0 Å². The average Bonchev–Trinajstić information content (AvgIpc) is 3.31. The number of H-pyrrole nitrogens is 1. The summed E-state index contributed by atoms with van der Waals surface area (Å²) in [6.45, 7) is 4.16. The lowest BCUT2D eigenvalue weighted by molar-refractivity contribution is 0.0460. The van der Waals surface area contributed by atoms with Crippen molar-refractivity contribution in [2.24, 2.45) is 0 Å². The lowest BCUT2D eigenvalue weighted by atomic mass is 10.2. The molecular weight excluding hydrogens is 378 g/mol. The molecule has 1 fully saturated rings. The van der Waals surface area contributed by atoms with Crippen LogP contribution in [0.1, 0.15) is 0 Å². The normalized spacial score (nSPS) is 20.2. The second-order valence-corrected chi connectivity index (χ2v) is 8.29. The molecule has 2 aromatic carbocycles. The average molecular weight is 407 g/mol. The Bertz CT molecular complexity index is 1010. The van der Waals surface area contributed by atoms with Crippen molar-refractivity contribution in [3.63, 3.8) is 0 Å². The van der Waals surface area contributed by atoms with Gasteiger partial charge in [0, 0.05) is 6.07 Å². The van der Waals surface area contributed by atoms with Crippen LogP contribution in [0.15, 0.2) is 60.7 Å². The highest BCUT2D eigenvalue weighted by molar-refractivity contribution is 5.66. The van der Waals surface area contributed by atoms with Crippen LogP contribution >= 0.6 is 0 Å².